The van der Waals surface area contributed by atoms with Gasteiger partial charge in [-0.05, 0) is 18.8 Å². The van der Waals surface area contributed by atoms with Crippen LogP contribution in [0.1, 0.15) is 40.5 Å². The van der Waals surface area contributed by atoms with Gasteiger partial charge in [0.2, 0.25) is 5.91 Å². The summed E-state index contributed by atoms with van der Waals surface area (Å²) in [5, 5.41) is 3.31. The molecule has 1 aliphatic rings. The Hall–Kier alpha value is -0.620. The molecular weight excluding hydrogens is 264 g/mol. The molecule has 0 aromatic rings. The van der Waals surface area contributed by atoms with Gasteiger partial charge in [0.25, 0.3) is 0 Å². The molecule has 112 valence electrons. The second kappa shape index (κ2) is 6.70. The zero-order valence-corrected chi connectivity index (χ0v) is 13.2. The van der Waals surface area contributed by atoms with Crippen LogP contribution in [0.25, 0.3) is 0 Å². The monoisotopic (exact) mass is 290 g/mol. The Balaban J connectivity index is 2.72. The van der Waals surface area contributed by atoms with Gasteiger partial charge in [-0.1, -0.05) is 27.7 Å². The number of hydrogen-bond donors (Lipinski definition) is 1. The third kappa shape index (κ3) is 4.45. The van der Waals surface area contributed by atoms with Crippen molar-refractivity contribution in [3.05, 3.63) is 0 Å². The van der Waals surface area contributed by atoms with Crippen molar-refractivity contribution in [2.24, 2.45) is 5.92 Å². The van der Waals surface area contributed by atoms with Gasteiger partial charge in [0, 0.05) is 12.3 Å². The molecule has 1 N–H and O–H groups in total. The molecule has 1 aliphatic heterocycles. The van der Waals surface area contributed by atoms with E-state index in [9.17, 15) is 13.2 Å². The lowest BCUT2D eigenvalue weighted by Gasteiger charge is -2.25. The van der Waals surface area contributed by atoms with Crippen LogP contribution in [0.5, 0.6) is 0 Å². The van der Waals surface area contributed by atoms with E-state index in [0.29, 0.717) is 12.5 Å². The molecule has 1 saturated heterocycles. The summed E-state index contributed by atoms with van der Waals surface area (Å²) >= 11 is 0. The van der Waals surface area contributed by atoms with Crippen LogP contribution >= 0.6 is 0 Å². The van der Waals surface area contributed by atoms with E-state index in [0.717, 1.165) is 12.8 Å². The van der Waals surface area contributed by atoms with E-state index in [1.165, 1.54) is 0 Å². The maximum Gasteiger partial charge on any atom is 0.241 e. The molecule has 0 spiro atoms. The normalized spacial score (nSPS) is 24.5. The molecule has 6 heteroatoms. The average molecular weight is 290 g/mol. The first kappa shape index (κ1) is 16.4. The van der Waals surface area contributed by atoms with Crippen molar-refractivity contribution in [2.75, 3.05) is 18.1 Å². The lowest BCUT2D eigenvalue weighted by atomic mass is 10.1. The Morgan fingerprint density at radius 1 is 1.32 bits per heavy atom. The first-order chi connectivity index (χ1) is 8.80. The number of amides is 1. The van der Waals surface area contributed by atoms with Crippen molar-refractivity contribution in [1.29, 1.82) is 0 Å². The predicted molar refractivity (Wildman–Crippen MR) is 76.5 cm³/mol. The number of nitrogens with one attached hydrogen (secondary N) is 1. The molecule has 2 unspecified atom stereocenters. The predicted octanol–water partition coefficient (Wildman–Crippen LogP) is 1.00. The summed E-state index contributed by atoms with van der Waals surface area (Å²) in [6.45, 7) is 8.11. The number of rotatable bonds is 7. The molecule has 19 heavy (non-hydrogen) atoms. The van der Waals surface area contributed by atoms with Gasteiger partial charge in [0.05, 0.1) is 18.0 Å². The van der Waals surface area contributed by atoms with Crippen molar-refractivity contribution in [2.45, 2.75) is 52.7 Å². The lowest BCUT2D eigenvalue weighted by molar-refractivity contribution is -0.129. The lowest BCUT2D eigenvalue weighted by Crippen LogP contribution is -2.41. The van der Waals surface area contributed by atoms with Gasteiger partial charge in [0.15, 0.2) is 9.84 Å². The Morgan fingerprint density at radius 2 is 1.95 bits per heavy atom. The summed E-state index contributed by atoms with van der Waals surface area (Å²) in [5.74, 6) is 0.696. The fourth-order valence-corrected chi connectivity index (χ4v) is 3.09. The van der Waals surface area contributed by atoms with Crippen LogP contribution in [0.2, 0.25) is 0 Å². The van der Waals surface area contributed by atoms with Crippen LogP contribution < -0.4 is 5.32 Å². The van der Waals surface area contributed by atoms with Gasteiger partial charge in [-0.2, -0.15) is 0 Å². The molecule has 0 radical (unpaired) electrons. The number of carbonyl (C=O) groups excluding carboxylic acids is 1. The maximum atomic E-state index is 12.2. The third-order valence-electron chi connectivity index (χ3n) is 3.54. The van der Waals surface area contributed by atoms with E-state index in [2.05, 4.69) is 19.2 Å². The maximum absolute atomic E-state index is 12.2. The number of hydrogen-bond acceptors (Lipinski definition) is 4. The average Bonchev–Trinajstić information content (AvgIpc) is 2.62. The minimum atomic E-state index is -3.03. The van der Waals surface area contributed by atoms with Crippen LogP contribution in [0, 0.1) is 5.92 Å². The zero-order valence-electron chi connectivity index (χ0n) is 12.3. The van der Waals surface area contributed by atoms with Gasteiger partial charge in [-0.25, -0.2) is 8.42 Å². The molecule has 1 fully saturated rings. The third-order valence-corrected chi connectivity index (χ3v) is 5.22. The van der Waals surface area contributed by atoms with Crippen molar-refractivity contribution in [3.8, 4) is 0 Å². The molecule has 1 heterocycles. The second-order valence-corrected chi connectivity index (χ2v) is 8.01. The fourth-order valence-electron chi connectivity index (χ4n) is 2.33. The summed E-state index contributed by atoms with van der Waals surface area (Å²) < 4.78 is 23.2. The molecule has 0 saturated carbocycles. The van der Waals surface area contributed by atoms with Crippen molar-refractivity contribution >= 4 is 15.7 Å². The number of nitrogens with zero attached hydrogens (tertiary/aromatic N) is 1. The van der Waals surface area contributed by atoms with Gasteiger partial charge >= 0.3 is 0 Å². The molecule has 0 aliphatic carbocycles. The molecule has 5 nitrogen and oxygen atoms in total. The first-order valence-electron chi connectivity index (χ1n) is 7.07. The van der Waals surface area contributed by atoms with E-state index in [1.54, 1.807) is 11.8 Å². The van der Waals surface area contributed by atoms with E-state index in [1.807, 2.05) is 6.92 Å². The molecule has 1 amide bonds. The topological polar surface area (TPSA) is 66.5 Å². The van der Waals surface area contributed by atoms with Crippen LogP contribution in [0.3, 0.4) is 0 Å². The van der Waals surface area contributed by atoms with E-state index < -0.39 is 9.84 Å². The number of sulfone groups is 1. The summed E-state index contributed by atoms with van der Waals surface area (Å²) in [6.07, 6.45) is 1.57. The smallest absolute Gasteiger partial charge is 0.241 e. The largest absolute Gasteiger partial charge is 0.325 e. The highest BCUT2D eigenvalue weighted by atomic mass is 32.2. The Morgan fingerprint density at radius 3 is 2.42 bits per heavy atom. The highest BCUT2D eigenvalue weighted by molar-refractivity contribution is 7.91. The summed E-state index contributed by atoms with van der Waals surface area (Å²) in [7, 11) is -3.03. The summed E-state index contributed by atoms with van der Waals surface area (Å²) in [6, 6.07) is -0.159. The molecule has 2 atom stereocenters. The number of carbonyl (C=O) groups is 1. The second-order valence-electron chi connectivity index (χ2n) is 5.54. The minimum Gasteiger partial charge on any atom is -0.325 e. The van der Waals surface area contributed by atoms with Gasteiger partial charge in [-0.15, -0.1) is 0 Å². The minimum absolute atomic E-state index is 0.0236. The molecule has 0 aromatic carbocycles. The molecule has 1 rings (SSSR count). The quantitative estimate of drug-likeness (QED) is 0.760. The van der Waals surface area contributed by atoms with Crippen LogP contribution in [0.15, 0.2) is 0 Å². The van der Waals surface area contributed by atoms with Gasteiger partial charge < -0.3 is 4.90 Å². The standard InChI is InChI=1S/C13H26N2O3S/c1-5-11-13(16)15(7-8-19(17,18)6-2)12(14-11)9-10(3)4/h10-12,14H,5-9H2,1-4H3. The first-order valence-corrected chi connectivity index (χ1v) is 8.89. The molecule has 0 aromatic heterocycles. The van der Waals surface area contributed by atoms with E-state index in [4.69, 9.17) is 0 Å². The highest BCUT2D eigenvalue weighted by Crippen LogP contribution is 2.19. The van der Waals surface area contributed by atoms with Crippen LogP contribution in [-0.2, 0) is 14.6 Å². The van der Waals surface area contributed by atoms with Gasteiger partial charge in [-0.3, -0.25) is 10.1 Å². The fraction of sp³-hybridized carbons (Fsp3) is 0.923. The van der Waals surface area contributed by atoms with Crippen molar-refractivity contribution in [3.63, 3.8) is 0 Å². The van der Waals surface area contributed by atoms with Crippen LogP contribution in [0.4, 0.5) is 0 Å². The summed E-state index contributed by atoms with van der Waals surface area (Å²) in [5.41, 5.74) is 0. The zero-order chi connectivity index (χ0) is 14.6. The van der Waals surface area contributed by atoms with E-state index in [-0.39, 0.29) is 29.6 Å². The van der Waals surface area contributed by atoms with Gasteiger partial charge in [0.1, 0.15) is 0 Å². The van der Waals surface area contributed by atoms with Crippen molar-refractivity contribution < 1.29 is 13.2 Å². The SMILES string of the molecule is CCC1NC(CC(C)C)N(CCS(=O)(=O)CC)C1=O. The Labute approximate surface area is 116 Å². The van der Waals surface area contributed by atoms with Crippen LogP contribution in [-0.4, -0.2) is 49.5 Å². The Bertz CT molecular complexity index is 406. The van der Waals surface area contributed by atoms with E-state index >= 15 is 0 Å². The Kier molecular flexibility index (Phi) is 5.80. The van der Waals surface area contributed by atoms with Crippen molar-refractivity contribution in [1.82, 2.24) is 10.2 Å². The summed E-state index contributed by atoms with van der Waals surface area (Å²) in [4.78, 5) is 13.9. The molecular formula is C13H26N2O3S. The highest BCUT2D eigenvalue weighted by Gasteiger charge is 2.37. The molecule has 0 bridgehead atoms.